The van der Waals surface area contributed by atoms with Gasteiger partial charge in [0.1, 0.15) is 11.2 Å². The van der Waals surface area contributed by atoms with Crippen molar-refractivity contribution in [2.45, 2.75) is 0 Å². The van der Waals surface area contributed by atoms with Gasteiger partial charge in [-0.2, -0.15) is 4.98 Å². The number of hydrogen-bond acceptors (Lipinski definition) is 3. The molecule has 19 heavy (non-hydrogen) atoms. The Hall–Kier alpha value is -2.33. The summed E-state index contributed by atoms with van der Waals surface area (Å²) in [4.78, 5) is 16.8. The highest BCUT2D eigenvalue weighted by molar-refractivity contribution is 6.31. The standard InChI is InChI=1S/C14H7ClN2O2/c15-8-4-5-10-9(7-8)13(18)12-14(19-10)16-11-3-1-2-6-17(11)12/h1-7H. The van der Waals surface area contributed by atoms with E-state index in [-0.39, 0.29) is 5.43 Å². The molecule has 0 aliphatic carbocycles. The molecule has 0 N–H and O–H groups in total. The van der Waals surface area contributed by atoms with Crippen molar-refractivity contribution in [2.24, 2.45) is 0 Å². The third-order valence-electron chi connectivity index (χ3n) is 3.11. The molecule has 92 valence electrons. The van der Waals surface area contributed by atoms with Crippen molar-refractivity contribution < 1.29 is 4.42 Å². The minimum atomic E-state index is -0.127. The van der Waals surface area contributed by atoms with E-state index in [1.165, 1.54) is 0 Å². The molecule has 4 nitrogen and oxygen atoms in total. The maximum Gasteiger partial charge on any atom is 0.250 e. The van der Waals surface area contributed by atoms with Crippen LogP contribution < -0.4 is 5.43 Å². The molecule has 4 rings (SSSR count). The summed E-state index contributed by atoms with van der Waals surface area (Å²) in [7, 11) is 0. The van der Waals surface area contributed by atoms with E-state index in [0.29, 0.717) is 32.9 Å². The molecule has 0 bridgehead atoms. The molecule has 0 amide bonds. The normalized spacial score (nSPS) is 11.6. The van der Waals surface area contributed by atoms with Crippen LogP contribution in [-0.2, 0) is 0 Å². The fraction of sp³-hybridized carbons (Fsp3) is 0. The number of hydrogen-bond donors (Lipinski definition) is 0. The second-order valence-electron chi connectivity index (χ2n) is 4.27. The topological polar surface area (TPSA) is 47.5 Å². The summed E-state index contributed by atoms with van der Waals surface area (Å²) < 4.78 is 7.40. The smallest absolute Gasteiger partial charge is 0.250 e. The molecule has 3 heterocycles. The van der Waals surface area contributed by atoms with E-state index in [9.17, 15) is 4.79 Å². The molecule has 3 aromatic heterocycles. The highest BCUT2D eigenvalue weighted by Crippen LogP contribution is 2.21. The molecule has 0 saturated heterocycles. The van der Waals surface area contributed by atoms with Gasteiger partial charge in [-0.05, 0) is 30.3 Å². The number of pyridine rings is 1. The van der Waals surface area contributed by atoms with E-state index >= 15 is 0 Å². The van der Waals surface area contributed by atoms with Gasteiger partial charge in [0.2, 0.25) is 11.1 Å². The van der Waals surface area contributed by atoms with Crippen molar-refractivity contribution in [3.63, 3.8) is 0 Å². The first-order valence-corrected chi connectivity index (χ1v) is 6.11. The Morgan fingerprint density at radius 1 is 1.21 bits per heavy atom. The summed E-state index contributed by atoms with van der Waals surface area (Å²) in [6, 6.07) is 10.5. The van der Waals surface area contributed by atoms with Crippen LogP contribution >= 0.6 is 11.6 Å². The third kappa shape index (κ3) is 1.40. The van der Waals surface area contributed by atoms with Crippen LogP contribution in [0.5, 0.6) is 0 Å². The Morgan fingerprint density at radius 3 is 3.00 bits per heavy atom. The van der Waals surface area contributed by atoms with Crippen LogP contribution in [0.15, 0.2) is 51.8 Å². The molecule has 0 atom stereocenters. The van der Waals surface area contributed by atoms with E-state index in [4.69, 9.17) is 16.0 Å². The number of aromatic nitrogens is 2. The van der Waals surface area contributed by atoms with Gasteiger partial charge in [-0.25, -0.2) is 0 Å². The van der Waals surface area contributed by atoms with Gasteiger partial charge in [0.15, 0.2) is 5.52 Å². The number of rotatable bonds is 0. The molecule has 0 saturated carbocycles. The van der Waals surface area contributed by atoms with Crippen molar-refractivity contribution >= 4 is 39.4 Å². The highest BCUT2D eigenvalue weighted by Gasteiger charge is 2.13. The van der Waals surface area contributed by atoms with Crippen molar-refractivity contribution in [3.8, 4) is 0 Å². The van der Waals surface area contributed by atoms with Gasteiger partial charge < -0.3 is 4.42 Å². The predicted molar refractivity (Wildman–Crippen MR) is 73.8 cm³/mol. The molecule has 0 radical (unpaired) electrons. The SMILES string of the molecule is O=c1c2cc(Cl)ccc2oc2nc3ccccn3c12. The van der Waals surface area contributed by atoms with Crippen LogP contribution in [0.25, 0.3) is 27.8 Å². The lowest BCUT2D eigenvalue weighted by Gasteiger charge is -1.98. The van der Waals surface area contributed by atoms with E-state index in [1.54, 1.807) is 28.8 Å². The lowest BCUT2D eigenvalue weighted by molar-refractivity contribution is 0.648. The molecule has 0 fully saturated rings. The Bertz CT molecular complexity index is 1000. The maximum absolute atomic E-state index is 12.5. The highest BCUT2D eigenvalue weighted by atomic mass is 35.5. The molecule has 4 aromatic rings. The first-order chi connectivity index (χ1) is 9.24. The maximum atomic E-state index is 12.5. The van der Waals surface area contributed by atoms with Gasteiger partial charge in [0.05, 0.1) is 5.39 Å². The molecular formula is C14H7ClN2O2. The lowest BCUT2D eigenvalue weighted by atomic mass is 10.2. The Labute approximate surface area is 111 Å². The van der Waals surface area contributed by atoms with Crippen molar-refractivity contribution in [1.29, 1.82) is 0 Å². The van der Waals surface area contributed by atoms with Crippen molar-refractivity contribution in [3.05, 3.63) is 57.8 Å². The van der Waals surface area contributed by atoms with Gasteiger partial charge in [-0.3, -0.25) is 9.20 Å². The summed E-state index contributed by atoms with van der Waals surface area (Å²) in [5, 5.41) is 0.971. The number of benzene rings is 1. The van der Waals surface area contributed by atoms with Crippen molar-refractivity contribution in [1.82, 2.24) is 9.38 Å². The quantitative estimate of drug-likeness (QED) is 0.493. The zero-order valence-corrected chi connectivity index (χ0v) is 10.4. The van der Waals surface area contributed by atoms with Crippen LogP contribution in [0.3, 0.4) is 0 Å². The van der Waals surface area contributed by atoms with Gasteiger partial charge in [-0.15, -0.1) is 0 Å². The van der Waals surface area contributed by atoms with Gasteiger partial charge >= 0.3 is 0 Å². The molecule has 0 aliphatic rings. The molecule has 0 aliphatic heterocycles. The predicted octanol–water partition coefficient (Wildman–Crippen LogP) is 3.25. The molecule has 5 heteroatoms. The van der Waals surface area contributed by atoms with Gasteiger partial charge in [0, 0.05) is 11.2 Å². The van der Waals surface area contributed by atoms with Crippen LogP contribution in [0.4, 0.5) is 0 Å². The van der Waals surface area contributed by atoms with E-state index in [1.807, 2.05) is 18.2 Å². The zero-order valence-electron chi connectivity index (χ0n) is 9.63. The van der Waals surface area contributed by atoms with E-state index < -0.39 is 0 Å². The molecule has 0 unspecified atom stereocenters. The average molecular weight is 271 g/mol. The van der Waals surface area contributed by atoms with Crippen molar-refractivity contribution in [2.75, 3.05) is 0 Å². The Morgan fingerprint density at radius 2 is 2.11 bits per heavy atom. The van der Waals surface area contributed by atoms with Crippen LogP contribution in [0, 0.1) is 0 Å². The minimum Gasteiger partial charge on any atom is -0.436 e. The van der Waals surface area contributed by atoms with Crippen LogP contribution in [-0.4, -0.2) is 9.38 Å². The first-order valence-electron chi connectivity index (χ1n) is 5.73. The summed E-state index contributed by atoms with van der Waals surface area (Å²) >= 11 is 5.93. The Balaban J connectivity index is 2.34. The van der Waals surface area contributed by atoms with E-state index in [2.05, 4.69) is 4.98 Å². The summed E-state index contributed by atoms with van der Waals surface area (Å²) in [6.45, 7) is 0. The fourth-order valence-electron chi connectivity index (χ4n) is 2.25. The Kier molecular flexibility index (Phi) is 2.00. The number of imidazole rings is 1. The summed E-state index contributed by atoms with van der Waals surface area (Å²) in [5.41, 5.74) is 1.82. The number of halogens is 1. The summed E-state index contributed by atoms with van der Waals surface area (Å²) in [5.74, 6) is 0. The third-order valence-corrected chi connectivity index (χ3v) is 3.34. The largest absolute Gasteiger partial charge is 0.436 e. The van der Waals surface area contributed by atoms with E-state index in [0.717, 1.165) is 0 Å². The van der Waals surface area contributed by atoms with Gasteiger partial charge in [-0.1, -0.05) is 17.7 Å². The zero-order chi connectivity index (χ0) is 13.0. The monoisotopic (exact) mass is 270 g/mol. The molecule has 0 spiro atoms. The summed E-state index contributed by atoms with van der Waals surface area (Å²) in [6.07, 6.45) is 1.79. The molecular weight excluding hydrogens is 264 g/mol. The lowest BCUT2D eigenvalue weighted by Crippen LogP contribution is -2.04. The van der Waals surface area contributed by atoms with Gasteiger partial charge in [0.25, 0.3) is 0 Å². The first kappa shape index (κ1) is 10.6. The fourth-order valence-corrected chi connectivity index (χ4v) is 2.42. The van der Waals surface area contributed by atoms with Crippen LogP contribution in [0.1, 0.15) is 0 Å². The number of nitrogens with zero attached hydrogens (tertiary/aromatic N) is 2. The second-order valence-corrected chi connectivity index (χ2v) is 4.70. The molecule has 1 aromatic carbocycles. The minimum absolute atomic E-state index is 0.127. The number of fused-ring (bicyclic) bond motifs is 4. The average Bonchev–Trinajstić information content (AvgIpc) is 2.78. The second kappa shape index (κ2) is 3.59. The van der Waals surface area contributed by atoms with Crippen LogP contribution in [0.2, 0.25) is 5.02 Å².